The van der Waals surface area contributed by atoms with Gasteiger partial charge in [-0.05, 0) is 47.4 Å². The summed E-state index contributed by atoms with van der Waals surface area (Å²) in [6.07, 6.45) is 1.42. The molecule has 33 heavy (non-hydrogen) atoms. The standard InChI is InChI=1S/C23H16N4O5S/c1-31-21-7-2-15(10-17(13-25)22(28)26-23-16(12-24)8-9-33-23)11-18(21)14-32-20-5-3-19(4-6-20)27(29)30/h2-11H,14H2,1H3,(H,26,28)/b17-10+. The maximum atomic E-state index is 12.5. The largest absolute Gasteiger partial charge is 0.496 e. The van der Waals surface area contributed by atoms with Gasteiger partial charge in [-0.2, -0.15) is 10.5 Å². The number of anilines is 1. The third-order valence-corrected chi connectivity index (χ3v) is 5.26. The number of carbonyl (C=O) groups excluding carboxylic acids is 1. The van der Waals surface area contributed by atoms with Crippen LogP contribution < -0.4 is 14.8 Å². The highest BCUT2D eigenvalue weighted by Crippen LogP contribution is 2.26. The zero-order chi connectivity index (χ0) is 23.8. The molecule has 10 heteroatoms. The number of methoxy groups -OCH3 is 1. The predicted molar refractivity (Wildman–Crippen MR) is 122 cm³/mol. The Balaban J connectivity index is 1.79. The average molecular weight is 460 g/mol. The van der Waals surface area contributed by atoms with Crippen LogP contribution in [0.4, 0.5) is 10.7 Å². The molecule has 0 saturated carbocycles. The van der Waals surface area contributed by atoms with Crippen LogP contribution in [0, 0.1) is 32.8 Å². The van der Waals surface area contributed by atoms with Crippen molar-refractivity contribution in [1.29, 1.82) is 10.5 Å². The Bertz CT molecular complexity index is 1300. The van der Waals surface area contributed by atoms with Gasteiger partial charge in [-0.3, -0.25) is 14.9 Å². The molecule has 0 unspecified atom stereocenters. The highest BCUT2D eigenvalue weighted by atomic mass is 32.1. The normalized spacial score (nSPS) is 10.6. The van der Waals surface area contributed by atoms with Crippen LogP contribution in [-0.2, 0) is 11.4 Å². The van der Waals surface area contributed by atoms with Crippen LogP contribution in [0.3, 0.4) is 0 Å². The smallest absolute Gasteiger partial charge is 0.269 e. The van der Waals surface area contributed by atoms with Gasteiger partial charge in [0.2, 0.25) is 0 Å². The predicted octanol–water partition coefficient (Wildman–Crippen LogP) is 4.66. The van der Waals surface area contributed by atoms with E-state index >= 15 is 0 Å². The Labute approximate surface area is 192 Å². The number of carbonyl (C=O) groups is 1. The second kappa shape index (κ2) is 10.6. The average Bonchev–Trinajstić information content (AvgIpc) is 3.28. The van der Waals surface area contributed by atoms with Gasteiger partial charge in [0.1, 0.15) is 40.8 Å². The van der Waals surface area contributed by atoms with Crippen molar-refractivity contribution in [2.45, 2.75) is 6.61 Å². The van der Waals surface area contributed by atoms with E-state index in [0.717, 1.165) is 0 Å². The van der Waals surface area contributed by atoms with E-state index in [9.17, 15) is 20.2 Å². The first-order chi connectivity index (χ1) is 15.9. The van der Waals surface area contributed by atoms with E-state index in [4.69, 9.17) is 14.7 Å². The molecule has 0 saturated heterocycles. The van der Waals surface area contributed by atoms with E-state index in [1.165, 1.54) is 48.8 Å². The Morgan fingerprint density at radius 2 is 1.97 bits per heavy atom. The highest BCUT2D eigenvalue weighted by molar-refractivity contribution is 7.14. The summed E-state index contributed by atoms with van der Waals surface area (Å²) in [7, 11) is 1.50. The lowest BCUT2D eigenvalue weighted by molar-refractivity contribution is -0.384. The second-order valence-corrected chi connectivity index (χ2v) is 7.43. The van der Waals surface area contributed by atoms with Crippen molar-refractivity contribution in [2.75, 3.05) is 12.4 Å². The van der Waals surface area contributed by atoms with Gasteiger partial charge < -0.3 is 14.8 Å². The number of rotatable bonds is 8. The number of ether oxygens (including phenoxy) is 2. The molecule has 1 amide bonds. The lowest BCUT2D eigenvalue weighted by atomic mass is 10.1. The number of nitro groups is 1. The van der Waals surface area contributed by atoms with Gasteiger partial charge in [0.25, 0.3) is 11.6 Å². The summed E-state index contributed by atoms with van der Waals surface area (Å²) >= 11 is 1.19. The van der Waals surface area contributed by atoms with Crippen LogP contribution in [0.5, 0.6) is 11.5 Å². The second-order valence-electron chi connectivity index (χ2n) is 6.51. The maximum Gasteiger partial charge on any atom is 0.269 e. The number of nitriles is 2. The van der Waals surface area contributed by atoms with Crippen molar-refractivity contribution in [3.05, 3.63) is 86.3 Å². The fourth-order valence-corrected chi connectivity index (χ4v) is 3.54. The number of hydrogen-bond acceptors (Lipinski definition) is 8. The molecule has 0 spiro atoms. The van der Waals surface area contributed by atoms with Gasteiger partial charge in [0.15, 0.2) is 0 Å². The van der Waals surface area contributed by atoms with Gasteiger partial charge in [-0.1, -0.05) is 6.07 Å². The van der Waals surface area contributed by atoms with Crippen molar-refractivity contribution in [3.63, 3.8) is 0 Å². The first-order valence-corrected chi connectivity index (χ1v) is 10.3. The van der Waals surface area contributed by atoms with Crippen LogP contribution >= 0.6 is 11.3 Å². The minimum Gasteiger partial charge on any atom is -0.496 e. The van der Waals surface area contributed by atoms with Crippen LogP contribution in [0.2, 0.25) is 0 Å². The van der Waals surface area contributed by atoms with Crippen LogP contribution in [0.25, 0.3) is 6.08 Å². The molecular formula is C23H16N4O5S. The molecule has 3 aromatic rings. The first-order valence-electron chi connectivity index (χ1n) is 9.40. The molecule has 0 aliphatic rings. The Hall–Kier alpha value is -4.67. The minimum atomic E-state index is -0.629. The molecule has 164 valence electrons. The van der Waals surface area contributed by atoms with E-state index in [0.29, 0.717) is 33.2 Å². The SMILES string of the molecule is COc1ccc(/C=C(\C#N)C(=O)Nc2sccc2C#N)cc1COc1ccc([N+](=O)[O-])cc1. The molecule has 0 atom stereocenters. The molecule has 1 heterocycles. The van der Waals surface area contributed by atoms with Gasteiger partial charge >= 0.3 is 0 Å². The summed E-state index contributed by atoms with van der Waals surface area (Å²) in [6, 6.07) is 16.2. The Morgan fingerprint density at radius 1 is 1.21 bits per heavy atom. The molecule has 0 aliphatic carbocycles. The topological polar surface area (TPSA) is 138 Å². The van der Waals surface area contributed by atoms with E-state index in [-0.39, 0.29) is 17.9 Å². The van der Waals surface area contributed by atoms with Gasteiger partial charge in [-0.15, -0.1) is 11.3 Å². The van der Waals surface area contributed by atoms with Crippen molar-refractivity contribution in [2.24, 2.45) is 0 Å². The molecule has 1 aromatic heterocycles. The minimum absolute atomic E-state index is 0.0428. The Morgan fingerprint density at radius 3 is 2.61 bits per heavy atom. The molecule has 1 N–H and O–H groups in total. The number of benzene rings is 2. The highest BCUT2D eigenvalue weighted by Gasteiger charge is 2.14. The van der Waals surface area contributed by atoms with Gasteiger partial charge in [-0.25, -0.2) is 0 Å². The molecule has 0 bridgehead atoms. The monoisotopic (exact) mass is 460 g/mol. The molecule has 3 rings (SSSR count). The molecule has 0 fully saturated rings. The molecule has 2 aromatic carbocycles. The third kappa shape index (κ3) is 5.73. The summed E-state index contributed by atoms with van der Waals surface area (Å²) in [5.41, 5.74) is 1.35. The zero-order valence-corrected chi connectivity index (χ0v) is 18.1. The van der Waals surface area contributed by atoms with Crippen molar-refractivity contribution >= 4 is 34.0 Å². The van der Waals surface area contributed by atoms with Crippen LogP contribution in [0.15, 0.2) is 59.5 Å². The number of hydrogen-bond donors (Lipinski definition) is 1. The maximum absolute atomic E-state index is 12.5. The first kappa shape index (κ1) is 23.0. The number of non-ortho nitro benzene ring substituents is 1. The fraction of sp³-hybridized carbons (Fsp3) is 0.0870. The third-order valence-electron chi connectivity index (χ3n) is 4.44. The zero-order valence-electron chi connectivity index (χ0n) is 17.3. The van der Waals surface area contributed by atoms with E-state index in [1.807, 2.05) is 12.1 Å². The quantitative estimate of drug-likeness (QED) is 0.223. The van der Waals surface area contributed by atoms with Crippen LogP contribution in [0.1, 0.15) is 16.7 Å². The van der Waals surface area contributed by atoms with E-state index in [1.54, 1.807) is 29.6 Å². The van der Waals surface area contributed by atoms with Crippen molar-refractivity contribution < 1.29 is 19.2 Å². The molecular weight excluding hydrogens is 444 g/mol. The van der Waals surface area contributed by atoms with Gasteiger partial charge in [0.05, 0.1) is 17.6 Å². The molecule has 0 radical (unpaired) electrons. The van der Waals surface area contributed by atoms with E-state index < -0.39 is 10.8 Å². The molecule has 0 aliphatic heterocycles. The fourth-order valence-electron chi connectivity index (χ4n) is 2.81. The van der Waals surface area contributed by atoms with Crippen LogP contribution in [-0.4, -0.2) is 17.9 Å². The number of thiophene rings is 1. The number of nitrogens with one attached hydrogen (secondary N) is 1. The Kier molecular flexibility index (Phi) is 7.37. The summed E-state index contributed by atoms with van der Waals surface area (Å²) in [4.78, 5) is 22.8. The lowest BCUT2D eigenvalue weighted by Crippen LogP contribution is -2.13. The number of amides is 1. The summed E-state index contributed by atoms with van der Waals surface area (Å²) in [5, 5.41) is 33.9. The van der Waals surface area contributed by atoms with Crippen molar-refractivity contribution in [3.8, 4) is 23.6 Å². The van der Waals surface area contributed by atoms with Gasteiger partial charge in [0, 0.05) is 17.7 Å². The number of nitro benzene ring substituents is 1. The summed E-state index contributed by atoms with van der Waals surface area (Å²) in [5.74, 6) is 0.343. The van der Waals surface area contributed by atoms with Crippen molar-refractivity contribution in [1.82, 2.24) is 0 Å². The number of nitrogens with zero attached hydrogens (tertiary/aromatic N) is 3. The lowest BCUT2D eigenvalue weighted by Gasteiger charge is -2.11. The summed E-state index contributed by atoms with van der Waals surface area (Å²) < 4.78 is 11.1. The summed E-state index contributed by atoms with van der Waals surface area (Å²) in [6.45, 7) is 0.0947. The molecule has 9 nitrogen and oxygen atoms in total. The van der Waals surface area contributed by atoms with E-state index in [2.05, 4.69) is 5.32 Å².